The van der Waals surface area contributed by atoms with Gasteiger partial charge in [0.15, 0.2) is 0 Å². The van der Waals surface area contributed by atoms with E-state index < -0.39 is 23.6 Å². The highest BCUT2D eigenvalue weighted by Crippen LogP contribution is 2.47. The van der Waals surface area contributed by atoms with Crippen LogP contribution in [-0.2, 0) is 38.5 Å². The molecule has 0 saturated heterocycles. The first-order chi connectivity index (χ1) is 71.8. The quantitative estimate of drug-likeness (QED) is 0.0226. The summed E-state index contributed by atoms with van der Waals surface area (Å²) in [6, 6.07) is 92.8. The third kappa shape index (κ3) is 18.7. The second kappa shape index (κ2) is 42.1. The number of anilines is 2. The van der Waals surface area contributed by atoms with Gasteiger partial charge in [-0.05, 0) is 301 Å². The van der Waals surface area contributed by atoms with Crippen LogP contribution in [0.25, 0.3) is 193 Å². The van der Waals surface area contributed by atoms with Gasteiger partial charge in [-0.2, -0.15) is 0 Å². The van der Waals surface area contributed by atoms with Gasteiger partial charge in [-0.25, -0.2) is 29.7 Å². The molecule has 14 heteroatoms. The predicted octanol–water partition coefficient (Wildman–Crippen LogP) is 34.1. The minimum atomic E-state index is -0.585. The Kier molecular flexibility index (Phi) is 27.3. The van der Waals surface area contributed by atoms with Crippen LogP contribution in [0.5, 0.6) is 0 Å². The number of hydrogen-bond donors (Lipinski definition) is 4. The van der Waals surface area contributed by atoms with E-state index in [2.05, 4.69) is 304 Å². The van der Waals surface area contributed by atoms with Gasteiger partial charge in [0, 0.05) is 122 Å². The largest absolute Gasteiger partial charge is 0.354 e. The molecule has 16 bridgehead atoms. The number of imide groups is 2. The maximum Gasteiger partial charge on any atom is 0.265 e. The van der Waals surface area contributed by atoms with Crippen molar-refractivity contribution >= 4 is 139 Å². The number of aromatic nitrogens is 8. The number of carbonyl (C=O) groups excluding carboxylic acids is 4. The first-order valence-corrected chi connectivity index (χ1v) is 53.2. The Labute approximate surface area is 854 Å². The lowest BCUT2D eigenvalue weighted by Gasteiger charge is -2.32. The Hall–Kier alpha value is -16.1. The number of benzene rings is 10. The normalized spacial score (nSPS) is 13.0. The van der Waals surface area contributed by atoms with Crippen LogP contribution >= 0.6 is 0 Å². The maximum atomic E-state index is 15.6. The standard InChI is InChI=1S/C132H122N10O4/c1-7-13-19-25-83-31-43-89(44-32-83)119-103-67-71-107(133-103)121(91-47-35-85(36-48-91)27-21-15-9-3)111-75-79-115(137-111)125(116-80-76-112(138-116)122(108-72-68-104(119)134-108)92-49-37-86(38-50-92)28-22-16-10-4)95-55-59-97(60-56-95)141-129(143)99-63-65-101-128-102(66-64-100(127(99)128)130(141)144)132(146)142(131(101)145)98-61-57-96(58-62-98)126-117-81-77-113(139-117)123(93-51-39-87(40-52-93)29-23-17-11-5)109-73-69-105(135-109)120(90-45-33-84(34-46-90)26-20-14-8-2)106-70-74-110(136-106)124(114-78-82-118(126)140-114)94-53-41-88(42-54-94)30-24-18-12-6/h31-82,133,135,138,140H,7-30H2,1-6H3. The molecule has 14 nitrogen and oxygen atoms in total. The highest BCUT2D eigenvalue weighted by atomic mass is 16.2. The second-order valence-electron chi connectivity index (χ2n) is 40.0. The molecule has 4 N–H and O–H groups in total. The van der Waals surface area contributed by atoms with Crippen molar-refractivity contribution in [3.63, 3.8) is 0 Å². The molecular weight excluding hydrogens is 1790 g/mol. The zero-order chi connectivity index (χ0) is 99.4. The van der Waals surface area contributed by atoms with E-state index in [-0.39, 0.29) is 33.0 Å². The van der Waals surface area contributed by atoms with E-state index in [0.29, 0.717) is 22.8 Å². The molecule has 0 unspecified atom stereocenters. The molecule has 0 saturated carbocycles. The van der Waals surface area contributed by atoms with E-state index >= 15 is 19.2 Å². The number of carbonyl (C=O) groups is 4. The van der Waals surface area contributed by atoms with Crippen molar-refractivity contribution in [1.82, 2.24) is 39.9 Å². The molecule has 0 radical (unpaired) electrons. The SMILES string of the molecule is CCCCCc1ccc(-c2c3nc(c(-c4ccc(CCCCC)cc4)c4ccc([nH]4)c(-c4ccc(N5C(=O)c6ccc7c8c(ccc(c68)C5=O)C(=O)N(c5ccc(-c6c8nc(c(-c9ccc(CCCCC)cc9)c9ccc([nH]9)c(-c9ccc(CCCCC)cc9)c9nc(c(-c%10ccc(CCCCC)cc%10)c%10ccc6[nH]%10)C=C9)C=C8)cc5)C7=O)cc4)c4nc(c(-c5ccc(CCCCC)cc5)c5ccc2[nH]5)C=C4)C=C3)cc1. The fourth-order valence-corrected chi connectivity index (χ4v) is 22.2. The molecule has 6 aromatic heterocycles. The van der Waals surface area contributed by atoms with Gasteiger partial charge in [0.05, 0.1) is 56.9 Å². The summed E-state index contributed by atoms with van der Waals surface area (Å²) in [7, 11) is 0. The van der Waals surface area contributed by atoms with Crippen molar-refractivity contribution < 1.29 is 19.2 Å². The lowest BCUT2D eigenvalue weighted by molar-refractivity contribution is 0.0873. The van der Waals surface area contributed by atoms with Crippen LogP contribution in [0.4, 0.5) is 11.4 Å². The molecule has 0 aliphatic carbocycles. The molecule has 6 aliphatic rings. The maximum absolute atomic E-state index is 15.6. The van der Waals surface area contributed by atoms with Crippen LogP contribution in [0.2, 0.25) is 0 Å². The van der Waals surface area contributed by atoms with Crippen molar-refractivity contribution in [1.29, 1.82) is 0 Å². The van der Waals surface area contributed by atoms with Gasteiger partial charge >= 0.3 is 0 Å². The minimum absolute atomic E-state index is 0.194. The molecule has 22 rings (SSSR count). The summed E-state index contributed by atoms with van der Waals surface area (Å²) in [6.07, 6.45) is 43.8. The number of fused-ring (bicyclic) bond motifs is 16. The van der Waals surface area contributed by atoms with Crippen molar-refractivity contribution in [2.24, 2.45) is 0 Å². The first-order valence-electron chi connectivity index (χ1n) is 53.2. The van der Waals surface area contributed by atoms with Gasteiger partial charge in [0.2, 0.25) is 0 Å². The van der Waals surface area contributed by atoms with Crippen molar-refractivity contribution in [3.05, 3.63) is 368 Å². The fourth-order valence-electron chi connectivity index (χ4n) is 22.2. The number of rotatable bonds is 34. The van der Waals surface area contributed by atoms with Gasteiger partial charge in [-0.1, -0.05) is 288 Å². The fraction of sp³-hybridized carbons (Fsp3) is 0.227. The van der Waals surface area contributed by atoms with E-state index in [1.54, 1.807) is 24.3 Å². The van der Waals surface area contributed by atoms with Gasteiger partial charge in [-0.15, -0.1) is 0 Å². The molecule has 0 fully saturated rings. The van der Waals surface area contributed by atoms with E-state index in [1.165, 1.54) is 94.5 Å². The molecular formula is C132H122N10O4. The Morgan fingerprint density at radius 2 is 0.336 bits per heavy atom. The summed E-state index contributed by atoms with van der Waals surface area (Å²) in [6.45, 7) is 13.5. The lowest BCUT2D eigenvalue weighted by Crippen LogP contribution is -2.43. The summed E-state index contributed by atoms with van der Waals surface area (Å²) in [4.78, 5) is 103. The molecule has 0 atom stereocenters. The molecule has 12 heterocycles. The summed E-state index contributed by atoms with van der Waals surface area (Å²) in [5.74, 6) is -2.34. The number of amides is 4. The highest BCUT2D eigenvalue weighted by Gasteiger charge is 2.42. The second-order valence-corrected chi connectivity index (χ2v) is 40.0. The van der Waals surface area contributed by atoms with Crippen LogP contribution in [0.3, 0.4) is 0 Å². The number of nitrogens with one attached hydrogen (secondary N) is 4. The smallest absolute Gasteiger partial charge is 0.265 e. The Balaban J connectivity index is 0.625. The third-order valence-electron chi connectivity index (χ3n) is 30.1. The van der Waals surface area contributed by atoms with E-state index in [4.69, 9.17) is 19.9 Å². The molecule has 0 spiro atoms. The number of hydrogen-bond acceptors (Lipinski definition) is 8. The lowest BCUT2D eigenvalue weighted by atomic mass is 9.85. The molecule has 724 valence electrons. The summed E-state index contributed by atoms with van der Waals surface area (Å²) in [5.41, 5.74) is 37.6. The number of H-pyrrole nitrogens is 4. The Bertz CT molecular complexity index is 7610. The van der Waals surface area contributed by atoms with Crippen molar-refractivity contribution in [3.8, 4) is 89.0 Å². The van der Waals surface area contributed by atoms with Gasteiger partial charge in [0.1, 0.15) is 0 Å². The average Bonchev–Trinajstić information content (AvgIpc) is 0.894. The predicted molar refractivity (Wildman–Crippen MR) is 607 cm³/mol. The van der Waals surface area contributed by atoms with E-state index in [9.17, 15) is 0 Å². The van der Waals surface area contributed by atoms with Crippen LogP contribution in [-0.4, -0.2) is 63.5 Å². The van der Waals surface area contributed by atoms with Crippen molar-refractivity contribution in [2.45, 2.75) is 196 Å². The summed E-state index contributed by atoms with van der Waals surface area (Å²) in [5, 5.41) is 0.530. The molecule has 10 aromatic carbocycles. The number of aromatic amines is 4. The molecule has 146 heavy (non-hydrogen) atoms. The average molecular weight is 1910 g/mol. The first kappa shape index (κ1) is 94.8. The van der Waals surface area contributed by atoms with Crippen LogP contribution in [0.1, 0.15) is 277 Å². The topological polar surface area (TPSA) is 189 Å². The van der Waals surface area contributed by atoms with Gasteiger partial charge in [-0.3, -0.25) is 19.2 Å². The molecule has 6 aliphatic heterocycles. The van der Waals surface area contributed by atoms with Crippen LogP contribution in [0.15, 0.2) is 267 Å². The molecule has 4 amide bonds. The third-order valence-corrected chi connectivity index (χ3v) is 30.1. The Morgan fingerprint density at radius 3 is 0.486 bits per heavy atom. The van der Waals surface area contributed by atoms with E-state index in [0.717, 1.165) is 270 Å². The van der Waals surface area contributed by atoms with Crippen LogP contribution < -0.4 is 9.80 Å². The zero-order valence-corrected chi connectivity index (χ0v) is 84.3. The minimum Gasteiger partial charge on any atom is -0.354 e. The summed E-state index contributed by atoms with van der Waals surface area (Å²) >= 11 is 0. The zero-order valence-electron chi connectivity index (χ0n) is 84.3. The van der Waals surface area contributed by atoms with Gasteiger partial charge < -0.3 is 19.9 Å². The van der Waals surface area contributed by atoms with E-state index in [1.807, 2.05) is 48.5 Å². The van der Waals surface area contributed by atoms with Crippen LogP contribution in [0, 0.1) is 0 Å². The Morgan fingerprint density at radius 1 is 0.185 bits per heavy atom. The number of aryl methyl sites for hydroxylation is 6. The highest BCUT2D eigenvalue weighted by molar-refractivity contribution is 6.42. The molecule has 16 aromatic rings. The number of unbranched alkanes of at least 4 members (excludes halogenated alkanes) is 12. The monoisotopic (exact) mass is 1910 g/mol. The van der Waals surface area contributed by atoms with Gasteiger partial charge in [0.25, 0.3) is 23.6 Å². The summed E-state index contributed by atoms with van der Waals surface area (Å²) < 4.78 is 0. The van der Waals surface area contributed by atoms with Crippen molar-refractivity contribution in [2.75, 3.05) is 9.80 Å². The number of nitrogens with zero attached hydrogens (tertiary/aromatic N) is 6.